The molecule has 35 heavy (non-hydrogen) atoms. The molecule has 0 aliphatic carbocycles. The van der Waals surface area contributed by atoms with Crippen molar-refractivity contribution in [3.05, 3.63) is 88.5 Å². The third kappa shape index (κ3) is 5.89. The normalized spacial score (nSPS) is 11.3. The number of rotatable bonds is 8. The van der Waals surface area contributed by atoms with Crippen LogP contribution in [0.15, 0.2) is 65.6 Å². The van der Waals surface area contributed by atoms with Gasteiger partial charge < -0.3 is 25.0 Å². The van der Waals surface area contributed by atoms with Crippen LogP contribution in [0.1, 0.15) is 47.0 Å². The summed E-state index contributed by atoms with van der Waals surface area (Å²) in [7, 11) is 1.26. The fourth-order valence-electron chi connectivity index (χ4n) is 3.04. The second-order valence-electron chi connectivity index (χ2n) is 7.24. The molecule has 0 bridgehead atoms. The highest BCUT2D eigenvalue weighted by Gasteiger charge is 2.25. The van der Waals surface area contributed by atoms with Crippen molar-refractivity contribution in [2.24, 2.45) is 0 Å². The molecule has 0 saturated heterocycles. The zero-order valence-corrected chi connectivity index (χ0v) is 19.3. The van der Waals surface area contributed by atoms with E-state index in [9.17, 15) is 33.6 Å². The number of carbonyl (C=O) groups excluding carboxylic acids is 2. The Kier molecular flexibility index (Phi) is 7.62. The maximum atomic E-state index is 12.8. The highest BCUT2D eigenvalue weighted by molar-refractivity contribution is 7.80. The van der Waals surface area contributed by atoms with Gasteiger partial charge in [0.05, 0.1) is 27.1 Å². The molecule has 3 aromatic carbocycles. The minimum atomic E-state index is -1.82. The number of nitrogens with one attached hydrogen (secondary N) is 2. The molecule has 2 amide bonds. The van der Waals surface area contributed by atoms with Crippen LogP contribution in [-0.4, -0.2) is 45.2 Å². The van der Waals surface area contributed by atoms with Gasteiger partial charge in [0.25, 0.3) is 11.8 Å². The van der Waals surface area contributed by atoms with Crippen LogP contribution >= 0.6 is 0 Å². The molecule has 0 radical (unpaired) electrons. The van der Waals surface area contributed by atoms with Gasteiger partial charge in [-0.3, -0.25) is 9.59 Å². The lowest BCUT2D eigenvalue weighted by Gasteiger charge is -2.12. The number of benzene rings is 3. The number of amides is 2. The minimum absolute atomic E-state index is 0.231. The molecule has 0 fully saturated rings. The van der Waals surface area contributed by atoms with E-state index in [1.54, 1.807) is 12.1 Å². The summed E-state index contributed by atoms with van der Waals surface area (Å²) in [4.78, 5) is 48.4. The molecule has 3 rings (SSSR count). The van der Waals surface area contributed by atoms with Crippen LogP contribution in [-0.2, 0) is 11.1 Å². The van der Waals surface area contributed by atoms with E-state index >= 15 is 0 Å². The average Bonchev–Trinajstić information content (AvgIpc) is 2.84. The summed E-state index contributed by atoms with van der Waals surface area (Å²) >= 11 is -1.82. The number of aryl methyl sites for hydroxylation is 1. The van der Waals surface area contributed by atoms with Gasteiger partial charge in [-0.2, -0.15) is 0 Å². The van der Waals surface area contributed by atoms with Crippen LogP contribution in [0.5, 0.6) is 5.75 Å². The molecular formula is C24H20N2O8S. The molecule has 180 valence electrons. The Hall–Kier alpha value is -4.51. The molecule has 0 aromatic heterocycles. The maximum Gasteiger partial charge on any atom is 0.336 e. The summed E-state index contributed by atoms with van der Waals surface area (Å²) in [6.07, 6.45) is 0. The third-order valence-corrected chi connectivity index (χ3v) is 5.83. The Labute approximate surface area is 202 Å². The van der Waals surface area contributed by atoms with Gasteiger partial charge in [0.1, 0.15) is 5.75 Å². The smallest absolute Gasteiger partial charge is 0.336 e. The second-order valence-corrected chi connectivity index (χ2v) is 8.35. The first kappa shape index (κ1) is 25.1. The molecule has 4 N–H and O–H groups in total. The Bertz CT molecular complexity index is 1330. The molecule has 0 saturated carbocycles. The van der Waals surface area contributed by atoms with E-state index in [0.29, 0.717) is 10.6 Å². The van der Waals surface area contributed by atoms with Gasteiger partial charge in [-0.1, -0.05) is 17.7 Å². The van der Waals surface area contributed by atoms with Crippen LogP contribution in [0, 0.1) is 6.92 Å². The Balaban J connectivity index is 1.83. The monoisotopic (exact) mass is 496 g/mol. The van der Waals surface area contributed by atoms with E-state index in [1.165, 1.54) is 31.3 Å². The van der Waals surface area contributed by atoms with Gasteiger partial charge in [-0.15, -0.1) is 0 Å². The number of hydrogen-bond acceptors (Lipinski definition) is 6. The fourth-order valence-corrected chi connectivity index (χ4v) is 3.78. The van der Waals surface area contributed by atoms with Crippen LogP contribution in [0.3, 0.4) is 0 Å². The Morgan fingerprint density at radius 1 is 0.771 bits per heavy atom. The summed E-state index contributed by atoms with van der Waals surface area (Å²) in [6, 6.07) is 14.4. The van der Waals surface area contributed by atoms with E-state index in [0.717, 1.165) is 17.7 Å². The Morgan fingerprint density at radius 2 is 1.29 bits per heavy atom. The number of carboxylic acid groups (broad SMARTS) is 2. The van der Waals surface area contributed by atoms with E-state index < -0.39 is 57.1 Å². The standard InChI is InChI=1S/C24H20N2O8S/c1-13-3-7-15(8-4-13)34-35(33)16-9-5-14(6-10-16)26-22(28)18-12-19(23(29)30)17(21(27)25-2)11-20(18)24(31)32/h3-12H,1-2H3,(H,25,27)(H,26,28)(H,29,30)(H,31,32). The minimum Gasteiger partial charge on any atom is -0.478 e. The number of aromatic carboxylic acids is 2. The molecule has 1 atom stereocenters. The molecule has 0 aliphatic heterocycles. The summed E-state index contributed by atoms with van der Waals surface area (Å²) < 4.78 is 17.8. The number of carbonyl (C=O) groups is 4. The van der Waals surface area contributed by atoms with Gasteiger partial charge in [-0.05, 0) is 55.5 Å². The second kappa shape index (κ2) is 10.6. The lowest BCUT2D eigenvalue weighted by molar-refractivity contribution is 0.0676. The first-order valence-electron chi connectivity index (χ1n) is 10.1. The largest absolute Gasteiger partial charge is 0.478 e. The van der Waals surface area contributed by atoms with Crippen molar-refractivity contribution in [1.29, 1.82) is 0 Å². The lowest BCUT2D eigenvalue weighted by Crippen LogP contribution is -2.24. The Morgan fingerprint density at radius 3 is 1.77 bits per heavy atom. The summed E-state index contributed by atoms with van der Waals surface area (Å²) in [5, 5.41) is 23.7. The van der Waals surface area contributed by atoms with E-state index in [2.05, 4.69) is 10.6 Å². The molecule has 10 nitrogen and oxygen atoms in total. The van der Waals surface area contributed by atoms with Crippen LogP contribution in [0.4, 0.5) is 5.69 Å². The number of carboxylic acids is 2. The zero-order chi connectivity index (χ0) is 25.7. The van der Waals surface area contributed by atoms with Gasteiger partial charge >= 0.3 is 11.9 Å². The van der Waals surface area contributed by atoms with Crippen molar-refractivity contribution in [2.45, 2.75) is 11.8 Å². The predicted octanol–water partition coefficient (Wildman–Crippen LogP) is 3.10. The fraction of sp³-hybridized carbons (Fsp3) is 0.0833. The van der Waals surface area contributed by atoms with Gasteiger partial charge in [0.2, 0.25) is 11.1 Å². The molecule has 0 aliphatic rings. The SMILES string of the molecule is CNC(=O)c1cc(C(=O)O)c(C(=O)Nc2ccc(S(=O)Oc3ccc(C)cc3)cc2)cc1C(=O)O. The quantitative estimate of drug-likeness (QED) is 0.370. The van der Waals surface area contributed by atoms with Crippen molar-refractivity contribution >= 4 is 40.5 Å². The van der Waals surface area contributed by atoms with Gasteiger partial charge in [-0.25, -0.2) is 13.8 Å². The lowest BCUT2D eigenvalue weighted by atomic mass is 9.97. The topological polar surface area (TPSA) is 159 Å². The van der Waals surface area contributed by atoms with Crippen LogP contribution in [0.25, 0.3) is 0 Å². The maximum absolute atomic E-state index is 12.8. The van der Waals surface area contributed by atoms with Crippen molar-refractivity contribution < 1.29 is 37.8 Å². The van der Waals surface area contributed by atoms with Crippen molar-refractivity contribution in [2.75, 3.05) is 12.4 Å². The van der Waals surface area contributed by atoms with E-state index in [4.69, 9.17) is 4.18 Å². The number of anilines is 1. The van der Waals surface area contributed by atoms with Crippen molar-refractivity contribution in [3.8, 4) is 5.75 Å². The summed E-state index contributed by atoms with van der Waals surface area (Å²) in [5.74, 6) is -4.32. The predicted molar refractivity (Wildman–Crippen MR) is 126 cm³/mol. The third-order valence-electron chi connectivity index (χ3n) is 4.83. The molecule has 11 heteroatoms. The van der Waals surface area contributed by atoms with E-state index in [1.807, 2.05) is 19.1 Å². The van der Waals surface area contributed by atoms with Crippen molar-refractivity contribution in [3.63, 3.8) is 0 Å². The first-order chi connectivity index (χ1) is 16.6. The molecular weight excluding hydrogens is 476 g/mol. The van der Waals surface area contributed by atoms with Crippen LogP contribution < -0.4 is 14.8 Å². The highest BCUT2D eigenvalue weighted by atomic mass is 32.2. The average molecular weight is 496 g/mol. The van der Waals surface area contributed by atoms with Crippen molar-refractivity contribution in [1.82, 2.24) is 5.32 Å². The summed E-state index contributed by atoms with van der Waals surface area (Å²) in [6.45, 7) is 1.91. The highest BCUT2D eigenvalue weighted by Crippen LogP contribution is 2.22. The first-order valence-corrected chi connectivity index (χ1v) is 11.1. The van der Waals surface area contributed by atoms with Gasteiger partial charge in [0.15, 0.2) is 0 Å². The molecule has 3 aromatic rings. The molecule has 1 unspecified atom stereocenters. The summed E-state index contributed by atoms with van der Waals surface area (Å²) in [5.41, 5.74) is -0.663. The molecule has 0 spiro atoms. The molecule has 0 heterocycles. The van der Waals surface area contributed by atoms with Gasteiger partial charge in [0, 0.05) is 12.7 Å². The number of hydrogen-bond donors (Lipinski definition) is 4. The van der Waals surface area contributed by atoms with E-state index in [-0.39, 0.29) is 5.69 Å². The zero-order valence-electron chi connectivity index (χ0n) is 18.5. The van der Waals surface area contributed by atoms with Crippen LogP contribution in [0.2, 0.25) is 0 Å².